The predicted octanol–water partition coefficient (Wildman–Crippen LogP) is 1.91. The van der Waals surface area contributed by atoms with Crippen molar-refractivity contribution in [3.8, 4) is 0 Å². The number of hydrogen-bond donors (Lipinski definition) is 0. The molecule has 1 aromatic carbocycles. The van der Waals surface area contributed by atoms with Gasteiger partial charge < -0.3 is 4.57 Å². The number of Topliss-reactive ketones (excluding diaryl/α,β-unsaturated/α-hetero) is 1. The van der Waals surface area contributed by atoms with Gasteiger partial charge >= 0.3 is 0 Å². The quantitative estimate of drug-likeness (QED) is 0.716. The van der Waals surface area contributed by atoms with Crippen LogP contribution in [-0.2, 0) is 6.54 Å². The van der Waals surface area contributed by atoms with Crippen molar-refractivity contribution >= 4 is 5.78 Å². The molecule has 1 aromatic heterocycles. The van der Waals surface area contributed by atoms with E-state index in [2.05, 4.69) is 4.98 Å². The number of nitrogens with zero attached hydrogens (tertiary/aromatic N) is 2. The number of imidazole rings is 1. The van der Waals surface area contributed by atoms with Crippen molar-refractivity contribution in [1.29, 1.82) is 0 Å². The van der Waals surface area contributed by atoms with Crippen LogP contribution >= 0.6 is 0 Å². The van der Waals surface area contributed by atoms with Crippen LogP contribution in [0.1, 0.15) is 10.4 Å². The molecule has 15 heavy (non-hydrogen) atoms. The zero-order chi connectivity index (χ0) is 10.7. The first-order valence-corrected chi connectivity index (χ1v) is 4.50. The van der Waals surface area contributed by atoms with E-state index in [-0.39, 0.29) is 18.1 Å². The zero-order valence-corrected chi connectivity index (χ0v) is 7.93. The second-order valence-electron chi connectivity index (χ2n) is 3.17. The van der Waals surface area contributed by atoms with Gasteiger partial charge in [-0.15, -0.1) is 0 Å². The summed E-state index contributed by atoms with van der Waals surface area (Å²) in [7, 11) is 0. The molecule has 0 atom stereocenters. The van der Waals surface area contributed by atoms with Crippen LogP contribution < -0.4 is 0 Å². The standard InChI is InChI=1S/C11H9FN2O/c12-10-3-1-9(2-4-10)11(15)7-14-6-5-13-8-14/h1-6,8H,7H2. The van der Waals surface area contributed by atoms with Gasteiger partial charge in [0.05, 0.1) is 12.9 Å². The van der Waals surface area contributed by atoms with Gasteiger partial charge in [0.1, 0.15) is 5.82 Å². The lowest BCUT2D eigenvalue weighted by molar-refractivity contribution is 0.0972. The van der Waals surface area contributed by atoms with E-state index in [1.807, 2.05) is 0 Å². The number of rotatable bonds is 3. The summed E-state index contributed by atoms with van der Waals surface area (Å²) in [6.45, 7) is 0.228. The lowest BCUT2D eigenvalue weighted by atomic mass is 10.1. The average Bonchev–Trinajstić information content (AvgIpc) is 2.71. The molecule has 2 rings (SSSR count). The topological polar surface area (TPSA) is 34.9 Å². The lowest BCUT2D eigenvalue weighted by Crippen LogP contribution is -2.08. The Bertz CT molecular complexity index is 448. The fourth-order valence-corrected chi connectivity index (χ4v) is 1.27. The van der Waals surface area contributed by atoms with Crippen molar-refractivity contribution in [1.82, 2.24) is 9.55 Å². The Morgan fingerprint density at radius 3 is 2.67 bits per heavy atom. The van der Waals surface area contributed by atoms with Crippen LogP contribution in [-0.4, -0.2) is 15.3 Å². The number of aromatic nitrogens is 2. The minimum absolute atomic E-state index is 0.0620. The van der Waals surface area contributed by atoms with Crippen molar-refractivity contribution in [2.45, 2.75) is 6.54 Å². The highest BCUT2D eigenvalue weighted by molar-refractivity contribution is 5.95. The van der Waals surface area contributed by atoms with Crippen molar-refractivity contribution in [3.05, 3.63) is 54.4 Å². The normalized spacial score (nSPS) is 10.2. The first-order valence-electron chi connectivity index (χ1n) is 4.50. The number of ketones is 1. The van der Waals surface area contributed by atoms with Crippen molar-refractivity contribution < 1.29 is 9.18 Å². The number of hydrogen-bond acceptors (Lipinski definition) is 2. The molecule has 0 radical (unpaired) electrons. The van der Waals surface area contributed by atoms with E-state index in [9.17, 15) is 9.18 Å². The molecule has 0 saturated carbocycles. The first kappa shape index (κ1) is 9.58. The molecule has 76 valence electrons. The maximum Gasteiger partial charge on any atom is 0.182 e. The SMILES string of the molecule is O=C(Cn1ccnc1)c1ccc(F)cc1. The highest BCUT2D eigenvalue weighted by Crippen LogP contribution is 2.05. The number of carbonyl (C=O) groups is 1. The van der Waals surface area contributed by atoms with E-state index < -0.39 is 0 Å². The van der Waals surface area contributed by atoms with Crippen LogP contribution in [0.15, 0.2) is 43.0 Å². The summed E-state index contributed by atoms with van der Waals surface area (Å²) in [6.07, 6.45) is 4.89. The van der Waals surface area contributed by atoms with Crippen molar-refractivity contribution in [2.75, 3.05) is 0 Å². The van der Waals surface area contributed by atoms with Crippen LogP contribution in [0.2, 0.25) is 0 Å². The maximum atomic E-state index is 12.6. The third kappa shape index (κ3) is 2.28. The highest BCUT2D eigenvalue weighted by atomic mass is 19.1. The molecular weight excluding hydrogens is 195 g/mol. The lowest BCUT2D eigenvalue weighted by Gasteiger charge is -2.01. The molecule has 1 heterocycles. The molecule has 0 fully saturated rings. The van der Waals surface area contributed by atoms with Gasteiger partial charge in [0, 0.05) is 18.0 Å². The van der Waals surface area contributed by atoms with E-state index in [0.29, 0.717) is 5.56 Å². The van der Waals surface area contributed by atoms with Gasteiger partial charge in [0.25, 0.3) is 0 Å². The van der Waals surface area contributed by atoms with Gasteiger partial charge in [-0.3, -0.25) is 4.79 Å². The summed E-state index contributed by atoms with van der Waals surface area (Å²) in [6, 6.07) is 5.52. The number of carbonyl (C=O) groups excluding carboxylic acids is 1. The zero-order valence-electron chi connectivity index (χ0n) is 7.93. The Morgan fingerprint density at radius 2 is 2.07 bits per heavy atom. The minimum atomic E-state index is -0.339. The smallest absolute Gasteiger partial charge is 0.182 e. The van der Waals surface area contributed by atoms with Gasteiger partial charge in [-0.1, -0.05) is 0 Å². The summed E-state index contributed by atoms with van der Waals surface area (Å²) in [4.78, 5) is 15.5. The Labute approximate surface area is 86.2 Å². The summed E-state index contributed by atoms with van der Waals surface area (Å²) in [5.74, 6) is -0.401. The summed E-state index contributed by atoms with van der Waals surface area (Å²) >= 11 is 0. The van der Waals surface area contributed by atoms with Crippen LogP contribution in [0.4, 0.5) is 4.39 Å². The molecule has 0 aliphatic heterocycles. The predicted molar refractivity (Wildman–Crippen MR) is 53.0 cm³/mol. The molecule has 0 N–H and O–H groups in total. The third-order valence-electron chi connectivity index (χ3n) is 2.05. The molecule has 0 amide bonds. The van der Waals surface area contributed by atoms with Crippen LogP contribution in [0.25, 0.3) is 0 Å². The molecule has 0 spiro atoms. The van der Waals surface area contributed by atoms with E-state index in [0.717, 1.165) is 0 Å². The van der Waals surface area contributed by atoms with E-state index in [1.54, 1.807) is 23.3 Å². The van der Waals surface area contributed by atoms with E-state index in [1.165, 1.54) is 24.3 Å². The minimum Gasteiger partial charge on any atom is -0.330 e. The molecular formula is C11H9FN2O. The molecule has 0 unspecified atom stereocenters. The largest absolute Gasteiger partial charge is 0.330 e. The Kier molecular flexibility index (Phi) is 2.58. The third-order valence-corrected chi connectivity index (χ3v) is 2.05. The van der Waals surface area contributed by atoms with Gasteiger partial charge in [-0.05, 0) is 24.3 Å². The van der Waals surface area contributed by atoms with E-state index >= 15 is 0 Å². The summed E-state index contributed by atoms with van der Waals surface area (Å²) in [5, 5.41) is 0. The van der Waals surface area contributed by atoms with E-state index in [4.69, 9.17) is 0 Å². The van der Waals surface area contributed by atoms with Gasteiger partial charge in [0.15, 0.2) is 5.78 Å². The first-order chi connectivity index (χ1) is 7.25. The summed E-state index contributed by atoms with van der Waals surface area (Å²) in [5.41, 5.74) is 0.505. The fraction of sp³-hybridized carbons (Fsp3) is 0.0909. The second kappa shape index (κ2) is 4.04. The molecule has 0 aliphatic carbocycles. The Morgan fingerprint density at radius 1 is 1.33 bits per heavy atom. The summed E-state index contributed by atoms with van der Waals surface area (Å²) < 4.78 is 14.3. The van der Waals surface area contributed by atoms with Crippen LogP contribution in [0.5, 0.6) is 0 Å². The van der Waals surface area contributed by atoms with Crippen molar-refractivity contribution in [2.24, 2.45) is 0 Å². The molecule has 2 aromatic rings. The van der Waals surface area contributed by atoms with Crippen molar-refractivity contribution in [3.63, 3.8) is 0 Å². The highest BCUT2D eigenvalue weighted by Gasteiger charge is 2.05. The average molecular weight is 204 g/mol. The fourth-order valence-electron chi connectivity index (χ4n) is 1.27. The van der Waals surface area contributed by atoms with Crippen LogP contribution in [0.3, 0.4) is 0 Å². The number of benzene rings is 1. The monoisotopic (exact) mass is 204 g/mol. The molecule has 0 aliphatic rings. The molecule has 4 heteroatoms. The van der Waals surface area contributed by atoms with Gasteiger partial charge in [-0.2, -0.15) is 0 Å². The Balaban J connectivity index is 2.11. The van der Waals surface area contributed by atoms with Crippen LogP contribution in [0, 0.1) is 5.82 Å². The van der Waals surface area contributed by atoms with Gasteiger partial charge in [0.2, 0.25) is 0 Å². The maximum absolute atomic E-state index is 12.6. The van der Waals surface area contributed by atoms with Gasteiger partial charge in [-0.25, -0.2) is 9.37 Å². The molecule has 0 bridgehead atoms. The molecule has 0 saturated heterocycles. The Hall–Kier alpha value is -1.97. The second-order valence-corrected chi connectivity index (χ2v) is 3.17. The number of halogens is 1. The molecule has 3 nitrogen and oxygen atoms in total.